The Morgan fingerprint density at radius 2 is 1.94 bits per heavy atom. The van der Waals surface area contributed by atoms with E-state index in [1.165, 1.54) is 37.2 Å². The van der Waals surface area contributed by atoms with Gasteiger partial charge in [-0.05, 0) is 57.6 Å². The van der Waals surface area contributed by atoms with Crippen LogP contribution in [0, 0.1) is 6.92 Å². The molecule has 0 unspecified atom stereocenters. The standard InChI is InChI=1S/C14H21ClN2/c1-11-13(15)5-4-6-14(11)17(3)12-7-9-16(2)10-8-12/h4-6,12H,7-10H2,1-3H3. The Bertz CT molecular complexity index is 384. The van der Waals surface area contributed by atoms with E-state index in [2.05, 4.69) is 36.9 Å². The van der Waals surface area contributed by atoms with Crippen LogP contribution in [-0.4, -0.2) is 38.1 Å². The molecule has 0 bridgehead atoms. The summed E-state index contributed by atoms with van der Waals surface area (Å²) in [6.07, 6.45) is 2.47. The Labute approximate surface area is 109 Å². The number of halogens is 1. The number of hydrogen-bond donors (Lipinski definition) is 0. The average molecular weight is 253 g/mol. The third kappa shape index (κ3) is 2.75. The second kappa shape index (κ2) is 5.28. The fraction of sp³-hybridized carbons (Fsp3) is 0.571. The molecule has 1 saturated heterocycles. The van der Waals surface area contributed by atoms with Gasteiger partial charge in [-0.25, -0.2) is 0 Å². The summed E-state index contributed by atoms with van der Waals surface area (Å²) < 4.78 is 0. The third-order valence-electron chi connectivity index (χ3n) is 3.85. The van der Waals surface area contributed by atoms with Crippen molar-refractivity contribution in [3.8, 4) is 0 Å². The number of rotatable bonds is 2. The zero-order valence-electron chi connectivity index (χ0n) is 10.9. The zero-order chi connectivity index (χ0) is 12.4. The van der Waals surface area contributed by atoms with Gasteiger partial charge >= 0.3 is 0 Å². The Kier molecular flexibility index (Phi) is 3.95. The number of likely N-dealkylation sites (tertiary alicyclic amines) is 1. The van der Waals surface area contributed by atoms with Gasteiger partial charge in [0.25, 0.3) is 0 Å². The van der Waals surface area contributed by atoms with Crippen LogP contribution >= 0.6 is 11.6 Å². The van der Waals surface area contributed by atoms with Crippen molar-refractivity contribution in [1.29, 1.82) is 0 Å². The van der Waals surface area contributed by atoms with Gasteiger partial charge in [-0.15, -0.1) is 0 Å². The summed E-state index contributed by atoms with van der Waals surface area (Å²) in [4.78, 5) is 4.80. The van der Waals surface area contributed by atoms with E-state index in [4.69, 9.17) is 11.6 Å². The lowest BCUT2D eigenvalue weighted by Crippen LogP contribution is -2.42. The first-order valence-electron chi connectivity index (χ1n) is 6.26. The van der Waals surface area contributed by atoms with Crippen LogP contribution in [-0.2, 0) is 0 Å². The smallest absolute Gasteiger partial charge is 0.0455 e. The van der Waals surface area contributed by atoms with Crippen molar-refractivity contribution in [2.24, 2.45) is 0 Å². The maximum atomic E-state index is 6.19. The van der Waals surface area contributed by atoms with Crippen LogP contribution in [0.3, 0.4) is 0 Å². The van der Waals surface area contributed by atoms with Crippen molar-refractivity contribution in [3.05, 3.63) is 28.8 Å². The molecule has 1 aliphatic rings. The van der Waals surface area contributed by atoms with Crippen LogP contribution < -0.4 is 4.90 Å². The van der Waals surface area contributed by atoms with Gasteiger partial charge in [-0.3, -0.25) is 0 Å². The zero-order valence-corrected chi connectivity index (χ0v) is 11.7. The first-order valence-corrected chi connectivity index (χ1v) is 6.64. The summed E-state index contributed by atoms with van der Waals surface area (Å²) in [5.41, 5.74) is 2.46. The molecule has 1 fully saturated rings. The lowest BCUT2D eigenvalue weighted by atomic mass is 10.0. The van der Waals surface area contributed by atoms with Crippen LogP contribution in [0.4, 0.5) is 5.69 Å². The fourth-order valence-electron chi connectivity index (χ4n) is 2.56. The molecular weight excluding hydrogens is 232 g/mol. The summed E-state index contributed by atoms with van der Waals surface area (Å²) in [5.74, 6) is 0. The highest BCUT2D eigenvalue weighted by atomic mass is 35.5. The van der Waals surface area contributed by atoms with Gasteiger partial charge in [-0.2, -0.15) is 0 Å². The van der Waals surface area contributed by atoms with E-state index in [0.717, 1.165) is 5.02 Å². The third-order valence-corrected chi connectivity index (χ3v) is 4.26. The predicted molar refractivity (Wildman–Crippen MR) is 75.1 cm³/mol. The minimum atomic E-state index is 0.642. The van der Waals surface area contributed by atoms with Crippen molar-refractivity contribution in [3.63, 3.8) is 0 Å². The highest BCUT2D eigenvalue weighted by molar-refractivity contribution is 6.31. The van der Waals surface area contributed by atoms with Crippen molar-refractivity contribution in [2.75, 3.05) is 32.1 Å². The van der Waals surface area contributed by atoms with Gasteiger partial charge in [0.2, 0.25) is 0 Å². The molecule has 0 saturated carbocycles. The molecule has 17 heavy (non-hydrogen) atoms. The number of hydrogen-bond acceptors (Lipinski definition) is 2. The topological polar surface area (TPSA) is 6.48 Å². The minimum absolute atomic E-state index is 0.642. The molecule has 0 atom stereocenters. The Hall–Kier alpha value is -0.730. The number of anilines is 1. The van der Waals surface area contributed by atoms with Crippen molar-refractivity contribution in [2.45, 2.75) is 25.8 Å². The first kappa shape index (κ1) is 12.7. The highest BCUT2D eigenvalue weighted by Gasteiger charge is 2.21. The molecule has 2 nitrogen and oxygen atoms in total. The minimum Gasteiger partial charge on any atom is -0.371 e. The molecule has 0 amide bonds. The van der Waals surface area contributed by atoms with E-state index >= 15 is 0 Å². The summed E-state index contributed by atoms with van der Waals surface area (Å²) in [5, 5.41) is 0.863. The van der Waals surface area contributed by atoms with Crippen LogP contribution in [0.5, 0.6) is 0 Å². The van der Waals surface area contributed by atoms with Crippen molar-refractivity contribution in [1.82, 2.24) is 4.90 Å². The highest BCUT2D eigenvalue weighted by Crippen LogP contribution is 2.29. The second-order valence-electron chi connectivity index (χ2n) is 5.03. The quantitative estimate of drug-likeness (QED) is 0.798. The van der Waals surface area contributed by atoms with Crippen LogP contribution in [0.1, 0.15) is 18.4 Å². The summed E-state index contributed by atoms with van der Waals surface area (Å²) in [6.45, 7) is 4.48. The Morgan fingerprint density at radius 3 is 2.59 bits per heavy atom. The molecule has 1 heterocycles. The van der Waals surface area contributed by atoms with E-state index < -0.39 is 0 Å². The molecule has 3 heteroatoms. The maximum Gasteiger partial charge on any atom is 0.0455 e. The maximum absolute atomic E-state index is 6.19. The van der Waals surface area contributed by atoms with E-state index in [1.54, 1.807) is 0 Å². The largest absolute Gasteiger partial charge is 0.371 e. The first-order chi connectivity index (χ1) is 8.09. The average Bonchev–Trinajstić information content (AvgIpc) is 2.33. The van der Waals surface area contributed by atoms with Crippen LogP contribution in [0.25, 0.3) is 0 Å². The van der Waals surface area contributed by atoms with Gasteiger partial charge in [0, 0.05) is 23.8 Å². The van der Waals surface area contributed by atoms with Gasteiger partial charge in [0.15, 0.2) is 0 Å². The molecule has 94 valence electrons. The number of benzene rings is 1. The molecule has 0 N–H and O–H groups in total. The molecule has 0 spiro atoms. The molecule has 1 aliphatic heterocycles. The van der Waals surface area contributed by atoms with Crippen LogP contribution in [0.15, 0.2) is 18.2 Å². The van der Waals surface area contributed by atoms with E-state index in [0.29, 0.717) is 6.04 Å². The van der Waals surface area contributed by atoms with E-state index in [-0.39, 0.29) is 0 Å². The fourth-order valence-corrected chi connectivity index (χ4v) is 2.73. The summed E-state index contributed by atoms with van der Waals surface area (Å²) in [6, 6.07) is 6.81. The normalized spacial score (nSPS) is 18.4. The Balaban J connectivity index is 2.14. The predicted octanol–water partition coefficient (Wildman–Crippen LogP) is 3.18. The second-order valence-corrected chi connectivity index (χ2v) is 5.44. The SMILES string of the molecule is Cc1c(Cl)cccc1N(C)C1CCN(C)CC1. The number of piperidine rings is 1. The molecule has 0 radical (unpaired) electrons. The van der Waals surface area contributed by atoms with Gasteiger partial charge < -0.3 is 9.80 Å². The monoisotopic (exact) mass is 252 g/mol. The van der Waals surface area contributed by atoms with Crippen molar-refractivity contribution >= 4 is 17.3 Å². The van der Waals surface area contributed by atoms with E-state index in [9.17, 15) is 0 Å². The molecular formula is C14H21ClN2. The van der Waals surface area contributed by atoms with Gasteiger partial charge in [0.05, 0.1) is 0 Å². The lowest BCUT2D eigenvalue weighted by molar-refractivity contribution is 0.253. The molecule has 2 rings (SSSR count). The molecule has 0 aliphatic carbocycles. The van der Waals surface area contributed by atoms with E-state index in [1.807, 2.05) is 12.1 Å². The lowest BCUT2D eigenvalue weighted by Gasteiger charge is -2.37. The molecule has 1 aromatic carbocycles. The molecule has 0 aromatic heterocycles. The van der Waals surface area contributed by atoms with Gasteiger partial charge in [-0.1, -0.05) is 17.7 Å². The number of nitrogens with zero attached hydrogens (tertiary/aromatic N) is 2. The summed E-state index contributed by atoms with van der Waals surface area (Å²) >= 11 is 6.19. The summed E-state index contributed by atoms with van der Waals surface area (Å²) in [7, 11) is 4.38. The van der Waals surface area contributed by atoms with Crippen LogP contribution in [0.2, 0.25) is 5.02 Å². The molecule has 1 aromatic rings. The Morgan fingerprint density at radius 1 is 1.29 bits per heavy atom. The van der Waals surface area contributed by atoms with Crippen molar-refractivity contribution < 1.29 is 0 Å². The van der Waals surface area contributed by atoms with Gasteiger partial charge in [0.1, 0.15) is 0 Å².